The Bertz CT molecular complexity index is 6160. The zero-order valence-corrected chi connectivity index (χ0v) is 97.9. The van der Waals surface area contributed by atoms with Gasteiger partial charge in [-0.25, -0.2) is 59.8 Å². The number of aldehydes is 1. The molecule has 12 aromatic heterocycles. The Hall–Kier alpha value is -8.23. The SMILES string of the molecule is CC1=CCCO1.CC[C@H]1C[C@@H](N)C[C@@H]1C.CC[C@H]1C[C@@H](Nc2ncncc2C(=O)c2cc(Br)co2)C[C@@H]1C.CC[C@H]1C[C@@H](Nc2ncncc2C(=O)c2cc(C3=CCCO3)co2)C[C@@H]1C.CC[C@H]1C[C@@H](Nc2ncncc2C(=O)c2cc(C3CCCO3)co2)C[C@@H]1C.Clc1ncncc1I.O=C(c1cc(Br)co1)c1cncnc1Cl.O=Cc1cc(Br)co1.OC(c1cc(Br)co1)c1cncnc1Cl.[CH2-]CCC.[CH3-].[HH].[Li+].[O]=[Mn]=[O].[Pd]. The molecular formula is C104H126Br4Cl3ILiMnN16O17Pd-. The summed E-state index contributed by atoms with van der Waals surface area (Å²) in [5.74, 6) is 10.5. The molecule has 148 heavy (non-hydrogen) atoms. The minimum Gasteiger partial charge on any atom is 0 e. The number of carbonyl (C=O) groups excluding carboxylic acids is 5. The maximum absolute atomic E-state index is 13.0. The van der Waals surface area contributed by atoms with Crippen molar-refractivity contribution >= 4 is 174 Å². The third-order valence-corrected chi connectivity index (χ3v) is 28.8. The van der Waals surface area contributed by atoms with Gasteiger partial charge in [0.2, 0.25) is 23.1 Å². The molecule has 44 heteroatoms. The van der Waals surface area contributed by atoms with Crippen LogP contribution >= 0.6 is 121 Å². The number of halogens is 8. The van der Waals surface area contributed by atoms with E-state index in [9.17, 15) is 29.1 Å². The van der Waals surface area contributed by atoms with Crippen LogP contribution in [-0.2, 0) is 57.1 Å². The number of nitrogens with zero attached hydrogens (tertiary/aromatic N) is 12. The third-order valence-electron chi connectivity index (χ3n) is 25.1. The van der Waals surface area contributed by atoms with E-state index in [-0.39, 0.29) is 111 Å². The number of ether oxygens (including phenoxy) is 3. The summed E-state index contributed by atoms with van der Waals surface area (Å²) >= 11 is 30.6. The van der Waals surface area contributed by atoms with E-state index >= 15 is 0 Å². The number of anilines is 3. The molecule has 0 spiro atoms. The van der Waals surface area contributed by atoms with E-state index in [1.807, 2.05) is 13.0 Å². The summed E-state index contributed by atoms with van der Waals surface area (Å²) in [4.78, 5) is 108. The zero-order valence-electron chi connectivity index (χ0n) is 84.4. The van der Waals surface area contributed by atoms with Gasteiger partial charge >= 0.3 is 41.4 Å². The fourth-order valence-corrected chi connectivity index (χ4v) is 19.4. The van der Waals surface area contributed by atoms with E-state index in [4.69, 9.17) is 88.9 Å². The number of hydrogen-bond donors (Lipinski definition) is 5. The van der Waals surface area contributed by atoms with Crippen LogP contribution in [-0.4, -0.2) is 138 Å². The fraction of sp³-hybridized carbons (Fsp3) is 0.433. The minimum absolute atomic E-state index is 0. The van der Waals surface area contributed by atoms with Crippen molar-refractivity contribution < 1.29 is 133 Å². The minimum atomic E-state index is -1.44. The molecule has 2 unspecified atom stereocenters. The Labute approximate surface area is 959 Å². The summed E-state index contributed by atoms with van der Waals surface area (Å²) in [6.07, 6.45) is 50.7. The molecule has 15 heterocycles. The van der Waals surface area contributed by atoms with Crippen LogP contribution in [0.2, 0.25) is 15.5 Å². The van der Waals surface area contributed by atoms with Gasteiger partial charge in [-0.15, -0.1) is 0 Å². The van der Waals surface area contributed by atoms with E-state index in [0.717, 1.165) is 153 Å². The summed E-state index contributed by atoms with van der Waals surface area (Å²) in [5, 5.41) is 21.1. The van der Waals surface area contributed by atoms with Crippen LogP contribution in [0.5, 0.6) is 0 Å². The van der Waals surface area contributed by atoms with Gasteiger partial charge in [0.25, 0.3) is 0 Å². The van der Waals surface area contributed by atoms with E-state index in [0.29, 0.717) is 121 Å². The van der Waals surface area contributed by atoms with Crippen molar-refractivity contribution in [3.63, 3.8) is 0 Å². The van der Waals surface area contributed by atoms with Crippen molar-refractivity contribution in [1.82, 2.24) is 59.8 Å². The molecule has 19 rings (SSSR count). The van der Waals surface area contributed by atoms with E-state index in [1.165, 1.54) is 120 Å². The second kappa shape index (κ2) is 68.0. The van der Waals surface area contributed by atoms with Crippen molar-refractivity contribution in [2.24, 2.45) is 53.1 Å². The van der Waals surface area contributed by atoms with Crippen LogP contribution in [0.3, 0.4) is 0 Å². The molecule has 4 saturated carbocycles. The predicted molar refractivity (Wildman–Crippen MR) is 576 cm³/mol. The molecule has 0 bridgehead atoms. The van der Waals surface area contributed by atoms with Gasteiger partial charge in [-0.2, -0.15) is 6.42 Å². The predicted octanol–water partition coefficient (Wildman–Crippen LogP) is 24.0. The number of unbranched alkanes of at least 4 members (excludes halogenated alkanes) is 1. The summed E-state index contributed by atoms with van der Waals surface area (Å²) in [5.41, 5.74) is 9.49. The van der Waals surface area contributed by atoms with E-state index < -0.39 is 20.9 Å². The van der Waals surface area contributed by atoms with Gasteiger partial charge in [0.05, 0.1) is 80.6 Å². The first kappa shape index (κ1) is 128. The van der Waals surface area contributed by atoms with Crippen molar-refractivity contribution in [1.29, 1.82) is 0 Å². The Kier molecular flexibility index (Phi) is 59.0. The maximum atomic E-state index is 13.0. The van der Waals surface area contributed by atoms with Crippen LogP contribution in [0.15, 0.2) is 211 Å². The monoisotopic (exact) mass is 2590 g/mol. The molecule has 799 valence electrons. The third kappa shape index (κ3) is 40.7. The average molecular weight is 2590 g/mol. The number of carbonyl (C=O) groups is 5. The van der Waals surface area contributed by atoms with E-state index in [1.54, 1.807) is 73.7 Å². The number of aromatic nitrogens is 12. The number of hydrogen-bond acceptors (Lipinski definition) is 33. The number of nitrogens with two attached hydrogens (primary N) is 1. The smallest absolute Gasteiger partial charge is 0 e. The number of allylic oxidation sites excluding steroid dienone is 1. The zero-order chi connectivity index (χ0) is 105. The second-order valence-electron chi connectivity index (χ2n) is 35.2. The van der Waals surface area contributed by atoms with Gasteiger partial charge in [0.1, 0.15) is 120 Å². The summed E-state index contributed by atoms with van der Waals surface area (Å²) in [7, 11) is 0. The fourth-order valence-electron chi connectivity index (χ4n) is 17.3. The van der Waals surface area contributed by atoms with E-state index in [2.05, 4.69) is 237 Å². The Balaban J connectivity index is 0.000000302. The van der Waals surface area contributed by atoms with Crippen LogP contribution in [0.4, 0.5) is 17.5 Å². The quantitative estimate of drug-likeness (QED) is 0.00936. The standard InChI is InChI=1S/C21H27N3O3.C21H25N3O3.C17H20BrN3O2.C9H6BrClN2O2.C9H4BrClN2O2.C8H17N.C5H3BrO2.C5H8O.C4H2ClIN2.C4H9.CH3.Li.Mn.2O.Pd.H2/c2*1-3-14-8-16(7-13(14)2)24-21-17(10-22-12-23-21)20(25)19-9-15(11-27-19)18-5-4-6-26-18;1-3-11-5-13(4-10(11)2)21-17-14(7-19-9-20-17)16(22)15-6-12(18)8-23-15;2*10-5-1-7(15-3-5)8(14)6-2-12-4-13-9(6)11;1-3-7-5-8(9)4-6(7)2;6-4-1-5(2-7)8-3-4;1-5-3-2-4-6-5;5-4-3(6)1-7-2-8-4;1-3-4-2;;;;;;;/h9-14,16,18H,3-8H2,1-2H3,(H,22,23,24);5,9-14,16H,3-4,6-8H2,1-2H3,(H,22,23,24);6-11,13H,3-5H2,1-2H3,(H,19,20,21);1-4,8,14H;1-4H;6-8H,3-5,9H2,1-2H3;1-3H;3H,2,4H2,1H3;1-2H;1,3-4H2,2H3;1H3;;;;;;1H/q;;;;;;;;;2*-1;+1;;;;;/t13-,14-,16-,18?;13-,14-,16-;10-,11-,13-;;;6-,7-,8-;;;;;;;;;;;/m000..0.........../s1. The van der Waals surface area contributed by atoms with Gasteiger partial charge in [-0.3, -0.25) is 24.0 Å². The molecule has 0 radical (unpaired) electrons. The summed E-state index contributed by atoms with van der Waals surface area (Å²) in [6.45, 7) is 28.2. The first-order valence-electron chi connectivity index (χ1n) is 47.7. The first-order chi connectivity index (χ1) is 69.8. The number of aliphatic hydroxyl groups excluding tert-OH is 1. The molecule has 1 saturated heterocycles. The average Bonchev–Trinajstić information content (AvgIpc) is 1.68. The van der Waals surface area contributed by atoms with Gasteiger partial charge in [-0.05, 0) is 235 Å². The maximum Gasteiger partial charge on any atom is 0 e. The Morgan fingerprint density at radius 3 is 1.26 bits per heavy atom. The summed E-state index contributed by atoms with van der Waals surface area (Å²) < 4.78 is 68.1. The molecule has 7 aliphatic rings. The second-order valence-corrected chi connectivity index (χ2v) is 41.3. The van der Waals surface area contributed by atoms with Crippen LogP contribution in [0.1, 0.15) is 296 Å². The normalized spacial score (nSPS) is 20.3. The van der Waals surface area contributed by atoms with Crippen molar-refractivity contribution in [2.45, 2.75) is 221 Å². The van der Waals surface area contributed by atoms with Crippen molar-refractivity contribution in [3.8, 4) is 0 Å². The number of aliphatic hydroxyl groups is 1. The number of nitrogens with one attached hydrogen (secondary N) is 3. The van der Waals surface area contributed by atoms with Gasteiger partial charge in [0.15, 0.2) is 35.1 Å². The van der Waals surface area contributed by atoms with Crippen molar-refractivity contribution in [3.05, 3.63) is 292 Å². The molecule has 0 aromatic carbocycles. The van der Waals surface area contributed by atoms with Crippen LogP contribution in [0, 0.1) is 65.3 Å². The van der Waals surface area contributed by atoms with Gasteiger partial charge in [-0.1, -0.05) is 129 Å². The number of rotatable bonds is 24. The topological polar surface area (TPSA) is 463 Å². The molecule has 12 aromatic rings. The molecule has 0 amide bonds. The molecule has 4 aliphatic carbocycles. The number of furan rings is 6. The van der Waals surface area contributed by atoms with Gasteiger partial charge < -0.3 is 81.9 Å². The largest absolute Gasteiger partial charge is 0 e. The first-order valence-corrected chi connectivity index (χ1v) is 54.0. The molecule has 33 nitrogen and oxygen atoms in total. The molecule has 14 atom stereocenters. The molecule has 6 N–H and O–H groups in total. The Morgan fingerprint density at radius 2 is 0.919 bits per heavy atom. The molecule has 3 aliphatic heterocycles. The number of ketones is 4. The Morgan fingerprint density at radius 1 is 0.520 bits per heavy atom. The molecular weight excluding hydrogens is 2470 g/mol. The van der Waals surface area contributed by atoms with Crippen LogP contribution in [0.25, 0.3) is 5.76 Å². The summed E-state index contributed by atoms with van der Waals surface area (Å²) in [6, 6.07) is 11.5. The van der Waals surface area contributed by atoms with Crippen molar-refractivity contribution in [2.75, 3.05) is 35.8 Å². The van der Waals surface area contributed by atoms with Crippen LogP contribution < -0.4 is 40.5 Å². The van der Waals surface area contributed by atoms with Gasteiger partial charge in [0, 0.05) is 132 Å². The molecule has 5 fully saturated rings.